The fraction of sp³-hybridized carbons (Fsp3) is 0.714. The number of benzene rings is 1. The van der Waals surface area contributed by atoms with Gasteiger partial charge in [-0.15, -0.1) is 0 Å². The van der Waals surface area contributed by atoms with Crippen molar-refractivity contribution in [2.75, 3.05) is 13.2 Å². The fourth-order valence-corrected chi connectivity index (χ4v) is 4.01. The first-order chi connectivity index (χ1) is 17.9. The van der Waals surface area contributed by atoms with Crippen molar-refractivity contribution in [3.8, 4) is 0 Å². The van der Waals surface area contributed by atoms with Crippen LogP contribution in [-0.2, 0) is 28.4 Å². The third-order valence-corrected chi connectivity index (χ3v) is 5.83. The van der Waals surface area contributed by atoms with E-state index in [4.69, 9.17) is 28.4 Å². The maximum atomic E-state index is 12.4. The van der Waals surface area contributed by atoms with Gasteiger partial charge in [-0.05, 0) is 66.0 Å². The smallest absolute Gasteiger partial charge is 0.336 e. The molecule has 218 valence electrons. The zero-order chi connectivity index (χ0) is 28.8. The van der Waals surface area contributed by atoms with Crippen LogP contribution < -0.4 is 0 Å². The van der Waals surface area contributed by atoms with Gasteiger partial charge in [0.05, 0.1) is 23.3 Å². The van der Waals surface area contributed by atoms with E-state index in [1.165, 1.54) is 12.1 Å². The Hall–Kier alpha value is -2.08. The Morgan fingerprint density at radius 2 is 1.16 bits per heavy atom. The first kappa shape index (κ1) is 33.9. The topological polar surface area (TPSA) is 130 Å². The monoisotopic (exact) mass is 542 g/mol. The molecule has 0 radical (unpaired) electrons. The molecule has 38 heavy (non-hydrogen) atoms. The first-order valence-electron chi connectivity index (χ1n) is 13.4. The Balaban J connectivity index is 3.13. The van der Waals surface area contributed by atoms with Crippen molar-refractivity contribution in [1.82, 2.24) is 0 Å². The third kappa shape index (κ3) is 11.3. The van der Waals surface area contributed by atoms with Crippen molar-refractivity contribution in [1.29, 1.82) is 0 Å². The minimum absolute atomic E-state index is 0.0257. The number of hydrogen-bond acceptors (Lipinski definition) is 8. The van der Waals surface area contributed by atoms with Gasteiger partial charge in [0.2, 0.25) is 0 Å². The largest absolute Gasteiger partial charge is 0.478 e. The highest BCUT2D eigenvalue weighted by Crippen LogP contribution is 2.34. The van der Waals surface area contributed by atoms with E-state index < -0.39 is 49.3 Å². The van der Waals surface area contributed by atoms with E-state index in [0.29, 0.717) is 18.8 Å². The standard InChI is InChI=1S/C28H46O10/c1-9-11-15-33-19(5)37-21(7)35-17(3)23-13-14-24(27(29)30)25(26(23)28(31)32)18(4)36-22(8)38-20(6)34-16-12-10-2/h13-14,17-22H,9-12,15-16H2,1-8H3,(H,29,30)(H,31,32). The molecule has 6 unspecified atom stereocenters. The average Bonchev–Trinajstić information content (AvgIpc) is 2.82. The van der Waals surface area contributed by atoms with Crippen LogP contribution in [0.3, 0.4) is 0 Å². The average molecular weight is 543 g/mol. The van der Waals surface area contributed by atoms with Crippen molar-refractivity contribution < 1.29 is 48.2 Å². The van der Waals surface area contributed by atoms with Crippen molar-refractivity contribution >= 4 is 11.9 Å². The molecule has 1 aromatic rings. The van der Waals surface area contributed by atoms with Crippen LogP contribution >= 0.6 is 0 Å². The molecule has 0 spiro atoms. The summed E-state index contributed by atoms with van der Waals surface area (Å²) in [6, 6.07) is 2.81. The number of carboxylic acid groups (broad SMARTS) is 2. The molecule has 0 saturated carbocycles. The van der Waals surface area contributed by atoms with Crippen LogP contribution in [0.25, 0.3) is 0 Å². The minimum atomic E-state index is -1.29. The highest BCUT2D eigenvalue weighted by Gasteiger charge is 2.30. The fourth-order valence-electron chi connectivity index (χ4n) is 4.01. The predicted octanol–water partition coefficient (Wildman–Crippen LogP) is 6.29. The number of hydrogen-bond donors (Lipinski definition) is 2. The molecular formula is C28H46O10. The van der Waals surface area contributed by atoms with Gasteiger partial charge in [-0.3, -0.25) is 0 Å². The Kier molecular flexibility index (Phi) is 15.6. The van der Waals surface area contributed by atoms with E-state index >= 15 is 0 Å². The molecule has 0 aliphatic rings. The molecule has 10 nitrogen and oxygen atoms in total. The lowest BCUT2D eigenvalue weighted by molar-refractivity contribution is -0.244. The molecule has 0 aliphatic heterocycles. The molecule has 0 heterocycles. The second-order valence-electron chi connectivity index (χ2n) is 9.15. The Morgan fingerprint density at radius 1 is 0.684 bits per heavy atom. The molecule has 0 amide bonds. The number of rotatable bonds is 20. The summed E-state index contributed by atoms with van der Waals surface area (Å²) in [5, 5.41) is 20.0. The van der Waals surface area contributed by atoms with E-state index in [-0.39, 0.29) is 16.7 Å². The molecule has 10 heteroatoms. The maximum absolute atomic E-state index is 12.4. The number of aromatic carboxylic acids is 2. The summed E-state index contributed by atoms with van der Waals surface area (Å²) in [6.07, 6.45) is -0.396. The summed E-state index contributed by atoms with van der Waals surface area (Å²) in [6.45, 7) is 15.3. The normalized spacial score (nSPS) is 16.4. The van der Waals surface area contributed by atoms with Gasteiger partial charge in [0.25, 0.3) is 0 Å². The van der Waals surface area contributed by atoms with Gasteiger partial charge in [-0.25, -0.2) is 9.59 Å². The molecule has 0 fully saturated rings. The lowest BCUT2D eigenvalue weighted by Crippen LogP contribution is -2.26. The van der Waals surface area contributed by atoms with Gasteiger partial charge < -0.3 is 38.6 Å². The SMILES string of the molecule is CCCCOC(C)OC(C)OC(C)c1ccc(C(=O)O)c(C(C)OC(C)OC(C)OCCCC)c1C(=O)O. The summed E-state index contributed by atoms with van der Waals surface area (Å²) in [5.41, 5.74) is -0.0399. The lowest BCUT2D eigenvalue weighted by Gasteiger charge is -2.27. The highest BCUT2D eigenvalue weighted by molar-refractivity contribution is 5.98. The quantitative estimate of drug-likeness (QED) is 0.143. The summed E-state index contributed by atoms with van der Waals surface area (Å²) in [5.74, 6) is -2.56. The van der Waals surface area contributed by atoms with Gasteiger partial charge in [0.1, 0.15) is 0 Å². The van der Waals surface area contributed by atoms with Crippen LogP contribution in [0, 0.1) is 0 Å². The number of carboxylic acids is 2. The van der Waals surface area contributed by atoms with E-state index in [1.807, 2.05) is 0 Å². The zero-order valence-electron chi connectivity index (χ0n) is 24.0. The highest BCUT2D eigenvalue weighted by atomic mass is 16.8. The number of ether oxygens (including phenoxy) is 6. The maximum Gasteiger partial charge on any atom is 0.336 e. The van der Waals surface area contributed by atoms with Crippen LogP contribution in [0.1, 0.15) is 125 Å². The second kappa shape index (κ2) is 17.5. The molecule has 1 rings (SSSR count). The van der Waals surface area contributed by atoms with Crippen LogP contribution in [0.5, 0.6) is 0 Å². The van der Waals surface area contributed by atoms with E-state index in [1.54, 1.807) is 41.5 Å². The van der Waals surface area contributed by atoms with Gasteiger partial charge in [-0.1, -0.05) is 32.8 Å². The summed E-state index contributed by atoms with van der Waals surface area (Å²) >= 11 is 0. The predicted molar refractivity (Wildman–Crippen MR) is 141 cm³/mol. The molecule has 1 aromatic carbocycles. The second-order valence-corrected chi connectivity index (χ2v) is 9.15. The molecular weight excluding hydrogens is 496 g/mol. The van der Waals surface area contributed by atoms with Crippen molar-refractivity contribution in [2.24, 2.45) is 0 Å². The van der Waals surface area contributed by atoms with Gasteiger partial charge in [0, 0.05) is 18.8 Å². The summed E-state index contributed by atoms with van der Waals surface area (Å²) in [4.78, 5) is 24.5. The molecule has 0 aromatic heterocycles. The molecule has 0 aliphatic carbocycles. The van der Waals surface area contributed by atoms with Crippen molar-refractivity contribution in [3.63, 3.8) is 0 Å². The van der Waals surface area contributed by atoms with E-state index in [9.17, 15) is 19.8 Å². The van der Waals surface area contributed by atoms with Crippen molar-refractivity contribution in [2.45, 2.75) is 118 Å². The minimum Gasteiger partial charge on any atom is -0.478 e. The number of unbranched alkanes of at least 4 members (excludes halogenated alkanes) is 2. The van der Waals surface area contributed by atoms with Crippen molar-refractivity contribution in [3.05, 3.63) is 34.4 Å². The zero-order valence-corrected chi connectivity index (χ0v) is 24.0. The van der Waals surface area contributed by atoms with Crippen LogP contribution in [0.15, 0.2) is 12.1 Å². The van der Waals surface area contributed by atoms with Gasteiger partial charge >= 0.3 is 11.9 Å². The molecule has 0 saturated heterocycles. The van der Waals surface area contributed by atoms with E-state index in [2.05, 4.69) is 13.8 Å². The first-order valence-corrected chi connectivity index (χ1v) is 13.4. The van der Waals surface area contributed by atoms with Crippen LogP contribution in [-0.4, -0.2) is 60.5 Å². The van der Waals surface area contributed by atoms with E-state index in [0.717, 1.165) is 25.7 Å². The summed E-state index contributed by atoms with van der Waals surface area (Å²) < 4.78 is 34.4. The van der Waals surface area contributed by atoms with Gasteiger partial charge in [-0.2, -0.15) is 0 Å². The Labute approximate surface area is 226 Å². The van der Waals surface area contributed by atoms with Crippen LogP contribution in [0.4, 0.5) is 0 Å². The molecule has 2 N–H and O–H groups in total. The van der Waals surface area contributed by atoms with Gasteiger partial charge in [0.15, 0.2) is 25.2 Å². The third-order valence-electron chi connectivity index (χ3n) is 5.83. The lowest BCUT2D eigenvalue weighted by atomic mass is 9.90. The Bertz CT molecular complexity index is 858. The Morgan fingerprint density at radius 3 is 1.58 bits per heavy atom. The summed E-state index contributed by atoms with van der Waals surface area (Å²) in [7, 11) is 0. The van der Waals surface area contributed by atoms with Crippen LogP contribution in [0.2, 0.25) is 0 Å². The molecule has 6 atom stereocenters. The number of carbonyl (C=O) groups is 2. The molecule has 0 bridgehead atoms.